The van der Waals surface area contributed by atoms with Crippen molar-refractivity contribution in [3.8, 4) is 0 Å². The van der Waals surface area contributed by atoms with Crippen LogP contribution in [0.5, 0.6) is 0 Å². The van der Waals surface area contributed by atoms with Crippen molar-refractivity contribution in [3.05, 3.63) is 58.6 Å². The van der Waals surface area contributed by atoms with Crippen molar-refractivity contribution in [2.45, 2.75) is 57.4 Å². The van der Waals surface area contributed by atoms with Crippen molar-refractivity contribution in [1.29, 1.82) is 0 Å². The molecule has 0 spiro atoms. The number of benzene rings is 2. The molecular formula is C29H37ClN4O2. The van der Waals surface area contributed by atoms with Gasteiger partial charge >= 0.3 is 0 Å². The molecule has 0 unspecified atom stereocenters. The summed E-state index contributed by atoms with van der Waals surface area (Å²) in [5, 5.41) is 6.64. The Bertz CT molecular complexity index is 1070. The topological polar surface area (TPSA) is 64.7 Å². The van der Waals surface area contributed by atoms with Gasteiger partial charge in [-0.2, -0.15) is 0 Å². The summed E-state index contributed by atoms with van der Waals surface area (Å²) in [5.41, 5.74) is 2.72. The quantitative estimate of drug-likeness (QED) is 0.488. The predicted octanol–water partition coefficient (Wildman–Crippen LogP) is 5.58. The fraction of sp³-hybridized carbons (Fsp3) is 0.517. The first-order valence-corrected chi connectivity index (χ1v) is 13.9. The molecule has 2 heterocycles. The van der Waals surface area contributed by atoms with Crippen LogP contribution in [-0.2, 0) is 0 Å². The molecule has 6 nitrogen and oxygen atoms in total. The van der Waals surface area contributed by atoms with Gasteiger partial charge in [-0.3, -0.25) is 9.59 Å². The summed E-state index contributed by atoms with van der Waals surface area (Å²) in [6, 6.07) is 12.9. The standard InChI is InChI=1S/C29H37ClN4O2/c30-24-6-4-5-22(19-24)29(36)32-26-20-23(28(35)31-25-8-9-25)7-10-27(26)34-17-12-21(13-18-34)11-16-33-14-2-1-3-15-33/h4-7,10,19-21,25H,1-3,8-9,11-18H2,(H,31,35)(H,32,36). The number of hydrogen-bond acceptors (Lipinski definition) is 4. The monoisotopic (exact) mass is 508 g/mol. The van der Waals surface area contributed by atoms with E-state index in [9.17, 15) is 9.59 Å². The fourth-order valence-corrected chi connectivity index (χ4v) is 5.57. The highest BCUT2D eigenvalue weighted by molar-refractivity contribution is 6.31. The van der Waals surface area contributed by atoms with E-state index in [0.717, 1.165) is 50.4 Å². The van der Waals surface area contributed by atoms with Crippen LogP contribution in [0.25, 0.3) is 0 Å². The number of carbonyl (C=O) groups is 2. The minimum atomic E-state index is -0.227. The SMILES string of the molecule is O=C(Nc1cc(C(=O)NC2CC2)ccc1N1CCC(CCN2CCCCC2)CC1)c1cccc(Cl)c1. The minimum absolute atomic E-state index is 0.0845. The lowest BCUT2D eigenvalue weighted by molar-refractivity contribution is 0.0949. The molecule has 2 amide bonds. The number of rotatable bonds is 8. The van der Waals surface area contributed by atoms with Crippen LogP contribution in [0.2, 0.25) is 5.02 Å². The van der Waals surface area contributed by atoms with Crippen molar-refractivity contribution in [2.24, 2.45) is 5.92 Å². The van der Waals surface area contributed by atoms with Crippen molar-refractivity contribution in [1.82, 2.24) is 10.2 Å². The number of nitrogens with zero attached hydrogens (tertiary/aromatic N) is 2. The first kappa shape index (κ1) is 25.1. The lowest BCUT2D eigenvalue weighted by Gasteiger charge is -2.36. The third-order valence-corrected chi connectivity index (χ3v) is 8.00. The van der Waals surface area contributed by atoms with Gasteiger partial charge in [-0.25, -0.2) is 0 Å². The molecule has 36 heavy (non-hydrogen) atoms. The highest BCUT2D eigenvalue weighted by Crippen LogP contribution is 2.33. The zero-order chi connectivity index (χ0) is 24.9. The lowest BCUT2D eigenvalue weighted by atomic mass is 9.92. The number of nitrogens with one attached hydrogen (secondary N) is 2. The van der Waals surface area contributed by atoms with E-state index in [1.807, 2.05) is 18.2 Å². The van der Waals surface area contributed by atoms with Crippen LogP contribution >= 0.6 is 11.6 Å². The molecule has 0 bridgehead atoms. The number of piperidine rings is 2. The number of likely N-dealkylation sites (tertiary alicyclic amines) is 1. The van der Waals surface area contributed by atoms with Gasteiger partial charge in [0.15, 0.2) is 0 Å². The highest BCUT2D eigenvalue weighted by atomic mass is 35.5. The Morgan fingerprint density at radius 3 is 2.33 bits per heavy atom. The van der Waals surface area contributed by atoms with Crippen LogP contribution in [0.4, 0.5) is 11.4 Å². The third kappa shape index (κ3) is 6.60. The maximum absolute atomic E-state index is 13.1. The van der Waals surface area contributed by atoms with E-state index in [4.69, 9.17) is 11.6 Å². The van der Waals surface area contributed by atoms with E-state index in [2.05, 4.69) is 20.4 Å². The predicted molar refractivity (Wildman–Crippen MR) is 146 cm³/mol. The van der Waals surface area contributed by atoms with E-state index in [-0.39, 0.29) is 17.9 Å². The fourth-order valence-electron chi connectivity index (χ4n) is 5.38. The molecule has 5 rings (SSSR count). The Kier molecular flexibility index (Phi) is 8.12. The van der Waals surface area contributed by atoms with Gasteiger partial charge in [0.1, 0.15) is 0 Å². The van der Waals surface area contributed by atoms with E-state index < -0.39 is 0 Å². The summed E-state index contributed by atoms with van der Waals surface area (Å²) < 4.78 is 0. The summed E-state index contributed by atoms with van der Waals surface area (Å²) in [4.78, 5) is 30.8. The van der Waals surface area contributed by atoms with Crippen molar-refractivity contribution < 1.29 is 9.59 Å². The van der Waals surface area contributed by atoms with Crippen molar-refractivity contribution in [3.63, 3.8) is 0 Å². The molecule has 2 aromatic rings. The van der Waals surface area contributed by atoms with Gasteiger partial charge in [0.05, 0.1) is 11.4 Å². The van der Waals surface area contributed by atoms with Crippen molar-refractivity contribution >= 4 is 34.8 Å². The van der Waals surface area contributed by atoms with Gasteiger partial charge in [0.25, 0.3) is 11.8 Å². The zero-order valence-electron chi connectivity index (χ0n) is 21.0. The number of anilines is 2. The van der Waals surface area contributed by atoms with Gasteiger partial charge in [0, 0.05) is 35.3 Å². The molecule has 0 radical (unpaired) electrons. The molecule has 1 aliphatic carbocycles. The molecule has 0 atom stereocenters. The largest absolute Gasteiger partial charge is 0.370 e. The molecule has 2 aliphatic heterocycles. The zero-order valence-corrected chi connectivity index (χ0v) is 21.7. The van der Waals surface area contributed by atoms with E-state index in [0.29, 0.717) is 21.8 Å². The molecule has 1 saturated carbocycles. The average molecular weight is 509 g/mol. The van der Waals surface area contributed by atoms with Crippen LogP contribution < -0.4 is 15.5 Å². The molecule has 3 fully saturated rings. The van der Waals surface area contributed by atoms with Gasteiger partial charge in [0.2, 0.25) is 0 Å². The van der Waals surface area contributed by atoms with Crippen LogP contribution in [0.3, 0.4) is 0 Å². The van der Waals surface area contributed by atoms with Crippen LogP contribution in [-0.4, -0.2) is 55.5 Å². The number of carbonyl (C=O) groups excluding carboxylic acids is 2. The van der Waals surface area contributed by atoms with Crippen LogP contribution in [0.15, 0.2) is 42.5 Å². The van der Waals surface area contributed by atoms with Gasteiger partial charge in [-0.05, 0) is 107 Å². The summed E-state index contributed by atoms with van der Waals surface area (Å²) >= 11 is 6.11. The molecule has 2 saturated heterocycles. The van der Waals surface area contributed by atoms with Crippen molar-refractivity contribution in [2.75, 3.05) is 42.9 Å². The normalized spacial score (nSPS) is 19.2. The Morgan fingerprint density at radius 2 is 1.61 bits per heavy atom. The maximum atomic E-state index is 13.1. The number of amides is 2. The second-order valence-corrected chi connectivity index (χ2v) is 11.0. The Morgan fingerprint density at radius 1 is 0.861 bits per heavy atom. The van der Waals surface area contributed by atoms with Crippen LogP contribution in [0.1, 0.15) is 72.1 Å². The third-order valence-electron chi connectivity index (χ3n) is 7.76. The second-order valence-electron chi connectivity index (χ2n) is 10.6. The maximum Gasteiger partial charge on any atom is 0.255 e. The van der Waals surface area contributed by atoms with E-state index in [1.54, 1.807) is 24.3 Å². The summed E-state index contributed by atoms with van der Waals surface area (Å²) in [7, 11) is 0. The second kappa shape index (κ2) is 11.7. The van der Waals surface area contributed by atoms with Gasteiger partial charge in [-0.1, -0.05) is 24.1 Å². The molecule has 192 valence electrons. The lowest BCUT2D eigenvalue weighted by Crippen LogP contribution is -2.37. The summed E-state index contributed by atoms with van der Waals surface area (Å²) in [6.07, 6.45) is 9.72. The molecule has 2 N–H and O–H groups in total. The molecule has 3 aliphatic rings. The molecule has 7 heteroatoms. The first-order chi connectivity index (χ1) is 17.5. The number of hydrogen-bond donors (Lipinski definition) is 2. The Labute approximate surface area is 219 Å². The number of halogens is 1. The van der Waals surface area contributed by atoms with Crippen LogP contribution in [0, 0.1) is 5.92 Å². The summed E-state index contributed by atoms with van der Waals surface area (Å²) in [5.74, 6) is 0.435. The average Bonchev–Trinajstić information content (AvgIpc) is 3.72. The molecular weight excluding hydrogens is 472 g/mol. The van der Waals surface area contributed by atoms with Gasteiger partial charge < -0.3 is 20.4 Å². The first-order valence-electron chi connectivity index (χ1n) is 13.5. The Balaban J connectivity index is 1.27. The minimum Gasteiger partial charge on any atom is -0.370 e. The smallest absolute Gasteiger partial charge is 0.255 e. The Hall–Kier alpha value is -2.57. The summed E-state index contributed by atoms with van der Waals surface area (Å²) in [6.45, 7) is 5.65. The highest BCUT2D eigenvalue weighted by Gasteiger charge is 2.26. The van der Waals surface area contributed by atoms with E-state index in [1.165, 1.54) is 45.3 Å². The molecule has 2 aromatic carbocycles. The van der Waals surface area contributed by atoms with E-state index >= 15 is 0 Å². The molecule has 0 aromatic heterocycles. The van der Waals surface area contributed by atoms with Gasteiger partial charge in [-0.15, -0.1) is 0 Å².